The molecule has 1 aliphatic rings. The van der Waals surface area contributed by atoms with Gasteiger partial charge in [0.1, 0.15) is 0 Å². The van der Waals surface area contributed by atoms with E-state index in [0.717, 1.165) is 6.42 Å². The van der Waals surface area contributed by atoms with E-state index in [9.17, 15) is 9.90 Å². The standard InChI is InChI=1S/C12H23NO2/c1-8-5-4-6-11(8)12(15)13-9(2)7-10(3)14/h8-11,14H,4-7H2,1-3H3,(H,13,15). The van der Waals surface area contributed by atoms with Gasteiger partial charge in [0.15, 0.2) is 0 Å². The number of aliphatic hydroxyl groups excluding tert-OH is 1. The number of aliphatic hydroxyl groups is 1. The Hall–Kier alpha value is -0.570. The maximum atomic E-state index is 11.9. The molecule has 1 amide bonds. The first-order valence-corrected chi connectivity index (χ1v) is 5.99. The highest BCUT2D eigenvalue weighted by molar-refractivity contribution is 5.79. The van der Waals surface area contributed by atoms with Crippen LogP contribution in [0.2, 0.25) is 0 Å². The van der Waals surface area contributed by atoms with E-state index in [1.165, 1.54) is 12.8 Å². The highest BCUT2D eigenvalue weighted by Crippen LogP contribution is 2.31. The van der Waals surface area contributed by atoms with E-state index in [4.69, 9.17) is 0 Å². The minimum atomic E-state index is -0.346. The van der Waals surface area contributed by atoms with Gasteiger partial charge in [-0.05, 0) is 39.0 Å². The Labute approximate surface area is 92.3 Å². The molecule has 1 fully saturated rings. The first-order chi connectivity index (χ1) is 7.00. The Bertz CT molecular complexity index is 216. The molecule has 0 saturated heterocycles. The van der Waals surface area contributed by atoms with Crippen molar-refractivity contribution in [2.45, 2.75) is 58.6 Å². The predicted octanol–water partition coefficient (Wildman–Crippen LogP) is 1.70. The minimum absolute atomic E-state index is 0.0744. The first-order valence-electron chi connectivity index (χ1n) is 5.99. The van der Waals surface area contributed by atoms with Gasteiger partial charge in [-0.25, -0.2) is 0 Å². The Morgan fingerprint density at radius 3 is 2.60 bits per heavy atom. The Balaban J connectivity index is 2.34. The van der Waals surface area contributed by atoms with Crippen LogP contribution in [0, 0.1) is 11.8 Å². The molecule has 1 rings (SSSR count). The van der Waals surface area contributed by atoms with Gasteiger partial charge in [-0.15, -0.1) is 0 Å². The van der Waals surface area contributed by atoms with Crippen molar-refractivity contribution in [3.05, 3.63) is 0 Å². The van der Waals surface area contributed by atoms with Gasteiger partial charge in [0.25, 0.3) is 0 Å². The molecule has 0 aromatic rings. The van der Waals surface area contributed by atoms with E-state index in [0.29, 0.717) is 12.3 Å². The Kier molecular flexibility index (Phi) is 4.58. The van der Waals surface area contributed by atoms with E-state index in [2.05, 4.69) is 12.2 Å². The molecule has 3 heteroatoms. The zero-order valence-electron chi connectivity index (χ0n) is 9.99. The van der Waals surface area contributed by atoms with Crippen LogP contribution < -0.4 is 5.32 Å². The second-order valence-electron chi connectivity index (χ2n) is 5.01. The lowest BCUT2D eigenvalue weighted by Gasteiger charge is -2.20. The van der Waals surface area contributed by atoms with Crippen molar-refractivity contribution < 1.29 is 9.90 Å². The monoisotopic (exact) mass is 213 g/mol. The van der Waals surface area contributed by atoms with E-state index >= 15 is 0 Å². The van der Waals surface area contributed by atoms with E-state index in [-0.39, 0.29) is 24.0 Å². The summed E-state index contributed by atoms with van der Waals surface area (Å²) in [6.45, 7) is 5.85. The third kappa shape index (κ3) is 3.82. The molecule has 0 aliphatic heterocycles. The number of hydrogen-bond donors (Lipinski definition) is 2. The SMILES string of the molecule is CC(O)CC(C)NC(=O)C1CCCC1C. The third-order valence-corrected chi connectivity index (χ3v) is 3.28. The van der Waals surface area contributed by atoms with Crippen LogP contribution in [0.5, 0.6) is 0 Å². The van der Waals surface area contributed by atoms with Gasteiger partial charge in [-0.2, -0.15) is 0 Å². The fraction of sp³-hybridized carbons (Fsp3) is 0.917. The molecule has 0 heterocycles. The first kappa shape index (κ1) is 12.5. The average Bonchev–Trinajstić information content (AvgIpc) is 2.49. The maximum Gasteiger partial charge on any atom is 0.223 e. The maximum absolute atomic E-state index is 11.9. The molecule has 4 atom stereocenters. The van der Waals surface area contributed by atoms with Crippen molar-refractivity contribution in [1.82, 2.24) is 5.32 Å². The van der Waals surface area contributed by atoms with Gasteiger partial charge in [-0.1, -0.05) is 13.3 Å². The highest BCUT2D eigenvalue weighted by atomic mass is 16.3. The molecule has 4 unspecified atom stereocenters. The van der Waals surface area contributed by atoms with Gasteiger partial charge >= 0.3 is 0 Å². The molecular weight excluding hydrogens is 190 g/mol. The Morgan fingerprint density at radius 2 is 2.13 bits per heavy atom. The number of amides is 1. The van der Waals surface area contributed by atoms with Crippen LogP contribution in [-0.4, -0.2) is 23.2 Å². The van der Waals surface area contributed by atoms with E-state index in [1.807, 2.05) is 6.92 Å². The lowest BCUT2D eigenvalue weighted by molar-refractivity contribution is -0.126. The van der Waals surface area contributed by atoms with E-state index in [1.54, 1.807) is 6.92 Å². The highest BCUT2D eigenvalue weighted by Gasteiger charge is 2.30. The summed E-state index contributed by atoms with van der Waals surface area (Å²) in [5.74, 6) is 0.887. The van der Waals surface area contributed by atoms with Crippen molar-refractivity contribution in [2.24, 2.45) is 11.8 Å². The molecule has 1 saturated carbocycles. The largest absolute Gasteiger partial charge is 0.393 e. The average molecular weight is 213 g/mol. The number of rotatable bonds is 4. The Morgan fingerprint density at radius 1 is 1.47 bits per heavy atom. The number of carbonyl (C=O) groups excluding carboxylic acids is 1. The van der Waals surface area contributed by atoms with Crippen LogP contribution in [0.15, 0.2) is 0 Å². The normalized spacial score (nSPS) is 29.9. The molecule has 3 nitrogen and oxygen atoms in total. The topological polar surface area (TPSA) is 49.3 Å². The van der Waals surface area contributed by atoms with Crippen LogP contribution >= 0.6 is 0 Å². The summed E-state index contributed by atoms with van der Waals surface area (Å²) in [7, 11) is 0. The summed E-state index contributed by atoms with van der Waals surface area (Å²) < 4.78 is 0. The molecule has 1 aliphatic carbocycles. The third-order valence-electron chi connectivity index (χ3n) is 3.28. The second kappa shape index (κ2) is 5.50. The molecule has 0 aromatic carbocycles. The van der Waals surface area contributed by atoms with Crippen molar-refractivity contribution in [1.29, 1.82) is 0 Å². The molecule has 0 aromatic heterocycles. The summed E-state index contributed by atoms with van der Waals surface area (Å²) in [5, 5.41) is 12.2. The van der Waals surface area contributed by atoms with Crippen molar-refractivity contribution in [3.8, 4) is 0 Å². The van der Waals surface area contributed by atoms with Gasteiger partial charge < -0.3 is 10.4 Å². The zero-order valence-corrected chi connectivity index (χ0v) is 9.99. The van der Waals surface area contributed by atoms with Gasteiger partial charge in [0, 0.05) is 12.0 Å². The predicted molar refractivity (Wildman–Crippen MR) is 60.4 cm³/mol. The number of hydrogen-bond acceptors (Lipinski definition) is 2. The molecular formula is C12H23NO2. The molecule has 2 N–H and O–H groups in total. The van der Waals surface area contributed by atoms with Crippen LogP contribution in [0.1, 0.15) is 46.5 Å². The molecule has 0 bridgehead atoms. The summed E-state index contributed by atoms with van der Waals surface area (Å²) in [6.07, 6.45) is 3.65. The van der Waals surface area contributed by atoms with Gasteiger partial charge in [0.2, 0.25) is 5.91 Å². The van der Waals surface area contributed by atoms with Crippen LogP contribution in [0.4, 0.5) is 0 Å². The molecule has 15 heavy (non-hydrogen) atoms. The van der Waals surface area contributed by atoms with Crippen molar-refractivity contribution in [2.75, 3.05) is 0 Å². The van der Waals surface area contributed by atoms with Gasteiger partial charge in [-0.3, -0.25) is 4.79 Å². The van der Waals surface area contributed by atoms with Crippen LogP contribution in [0.25, 0.3) is 0 Å². The summed E-state index contributed by atoms with van der Waals surface area (Å²) in [6, 6.07) is 0.0744. The molecule has 88 valence electrons. The lowest BCUT2D eigenvalue weighted by atomic mass is 9.97. The van der Waals surface area contributed by atoms with Crippen molar-refractivity contribution in [3.63, 3.8) is 0 Å². The minimum Gasteiger partial charge on any atom is -0.393 e. The van der Waals surface area contributed by atoms with Crippen LogP contribution in [-0.2, 0) is 4.79 Å². The second-order valence-corrected chi connectivity index (χ2v) is 5.01. The fourth-order valence-electron chi connectivity index (χ4n) is 2.46. The van der Waals surface area contributed by atoms with E-state index < -0.39 is 0 Å². The van der Waals surface area contributed by atoms with Gasteiger partial charge in [0.05, 0.1) is 6.10 Å². The number of nitrogens with one attached hydrogen (secondary N) is 1. The lowest BCUT2D eigenvalue weighted by Crippen LogP contribution is -2.39. The summed E-state index contributed by atoms with van der Waals surface area (Å²) in [5.41, 5.74) is 0. The molecule has 0 spiro atoms. The quantitative estimate of drug-likeness (QED) is 0.746. The van der Waals surface area contributed by atoms with Crippen LogP contribution in [0.3, 0.4) is 0 Å². The summed E-state index contributed by atoms with van der Waals surface area (Å²) in [4.78, 5) is 11.9. The fourth-order valence-corrected chi connectivity index (χ4v) is 2.46. The smallest absolute Gasteiger partial charge is 0.223 e. The summed E-state index contributed by atoms with van der Waals surface area (Å²) >= 11 is 0. The number of carbonyl (C=O) groups is 1. The molecule has 0 radical (unpaired) electrons. The zero-order chi connectivity index (χ0) is 11.4. The van der Waals surface area contributed by atoms with Crippen molar-refractivity contribution >= 4 is 5.91 Å².